The van der Waals surface area contributed by atoms with E-state index in [0.29, 0.717) is 22.9 Å². The Morgan fingerprint density at radius 2 is 1.59 bits per heavy atom. The summed E-state index contributed by atoms with van der Waals surface area (Å²) in [4.78, 5) is 12.5. The van der Waals surface area contributed by atoms with E-state index in [1.54, 1.807) is 43.5 Å². The highest BCUT2D eigenvalue weighted by molar-refractivity contribution is 7.92. The number of benzene rings is 2. The van der Waals surface area contributed by atoms with Gasteiger partial charge in [-0.3, -0.25) is 9.10 Å². The maximum atomic E-state index is 12.5. The Balaban J connectivity index is 2.17. The van der Waals surface area contributed by atoms with Crippen molar-refractivity contribution >= 4 is 21.6 Å². The third-order valence-electron chi connectivity index (χ3n) is 4.23. The minimum absolute atomic E-state index is 0.210. The van der Waals surface area contributed by atoms with Crippen LogP contribution in [0.1, 0.15) is 11.1 Å². The molecule has 29 heavy (non-hydrogen) atoms. The second-order valence-corrected chi connectivity index (χ2v) is 8.32. The van der Waals surface area contributed by atoms with Crippen LogP contribution in [0.4, 0.5) is 5.69 Å². The summed E-state index contributed by atoms with van der Waals surface area (Å²) in [5.41, 5.74) is 1.95. The van der Waals surface area contributed by atoms with Crippen molar-refractivity contribution in [2.45, 2.75) is 13.5 Å². The first-order valence-electron chi connectivity index (χ1n) is 8.79. The summed E-state index contributed by atoms with van der Waals surface area (Å²) >= 11 is 0. The van der Waals surface area contributed by atoms with Gasteiger partial charge in [-0.1, -0.05) is 12.1 Å². The molecule has 0 spiro atoms. The molecule has 0 fully saturated rings. The SMILES string of the molecule is COc1ccc(CNC(=O)CN(c2cc(C)ccc2OC)S(C)(=O)=O)cc1OC. The van der Waals surface area contributed by atoms with Crippen molar-refractivity contribution in [3.63, 3.8) is 0 Å². The molecule has 0 saturated heterocycles. The molecule has 0 radical (unpaired) electrons. The Morgan fingerprint density at radius 3 is 2.17 bits per heavy atom. The van der Waals surface area contributed by atoms with Gasteiger partial charge in [0.15, 0.2) is 11.5 Å². The topological polar surface area (TPSA) is 94.2 Å². The Morgan fingerprint density at radius 1 is 0.966 bits per heavy atom. The highest BCUT2D eigenvalue weighted by atomic mass is 32.2. The average molecular weight is 423 g/mol. The number of nitrogens with zero attached hydrogens (tertiary/aromatic N) is 1. The van der Waals surface area contributed by atoms with Gasteiger partial charge in [0.2, 0.25) is 15.9 Å². The molecule has 2 aromatic rings. The first-order valence-corrected chi connectivity index (χ1v) is 10.6. The van der Waals surface area contributed by atoms with Crippen LogP contribution in [0.5, 0.6) is 17.2 Å². The molecule has 0 unspecified atom stereocenters. The molecule has 2 aromatic carbocycles. The second-order valence-electron chi connectivity index (χ2n) is 6.41. The van der Waals surface area contributed by atoms with Crippen LogP contribution in [0.15, 0.2) is 36.4 Å². The molecule has 9 heteroatoms. The molecule has 0 saturated carbocycles. The first kappa shape index (κ1) is 22.4. The molecular weight excluding hydrogens is 396 g/mol. The fourth-order valence-electron chi connectivity index (χ4n) is 2.75. The Kier molecular flexibility index (Phi) is 7.33. The zero-order chi connectivity index (χ0) is 21.6. The van der Waals surface area contributed by atoms with Crippen molar-refractivity contribution in [3.05, 3.63) is 47.5 Å². The number of nitrogens with one attached hydrogen (secondary N) is 1. The van der Waals surface area contributed by atoms with Gasteiger partial charge in [-0.15, -0.1) is 0 Å². The molecule has 0 aliphatic rings. The number of carbonyl (C=O) groups excluding carboxylic acids is 1. The Labute approximate surface area is 171 Å². The lowest BCUT2D eigenvalue weighted by Crippen LogP contribution is -2.40. The zero-order valence-corrected chi connectivity index (χ0v) is 18.0. The number of sulfonamides is 1. The average Bonchev–Trinajstić information content (AvgIpc) is 2.69. The van der Waals surface area contributed by atoms with E-state index in [1.807, 2.05) is 6.92 Å². The number of hydrogen-bond acceptors (Lipinski definition) is 6. The maximum absolute atomic E-state index is 12.5. The van der Waals surface area contributed by atoms with Crippen LogP contribution in [-0.4, -0.2) is 48.5 Å². The molecule has 8 nitrogen and oxygen atoms in total. The van der Waals surface area contributed by atoms with Crippen LogP contribution < -0.4 is 23.8 Å². The van der Waals surface area contributed by atoms with Gasteiger partial charge >= 0.3 is 0 Å². The summed E-state index contributed by atoms with van der Waals surface area (Å²) in [5, 5.41) is 2.73. The summed E-state index contributed by atoms with van der Waals surface area (Å²) in [6.45, 7) is 1.67. The van der Waals surface area contributed by atoms with Gasteiger partial charge in [-0.05, 0) is 42.3 Å². The van der Waals surface area contributed by atoms with Gasteiger partial charge in [0.25, 0.3) is 0 Å². The number of ether oxygens (including phenoxy) is 3. The van der Waals surface area contributed by atoms with E-state index in [1.165, 1.54) is 14.2 Å². The van der Waals surface area contributed by atoms with Crippen LogP contribution in [0.2, 0.25) is 0 Å². The molecule has 0 aliphatic carbocycles. The van der Waals surface area contributed by atoms with Crippen LogP contribution in [0.25, 0.3) is 0 Å². The van der Waals surface area contributed by atoms with Crippen molar-refractivity contribution in [2.75, 3.05) is 38.4 Å². The smallest absolute Gasteiger partial charge is 0.241 e. The van der Waals surface area contributed by atoms with Crippen molar-refractivity contribution in [1.82, 2.24) is 5.32 Å². The minimum atomic E-state index is -3.71. The molecule has 1 N–H and O–H groups in total. The number of hydrogen-bond donors (Lipinski definition) is 1. The van der Waals surface area contributed by atoms with E-state index in [9.17, 15) is 13.2 Å². The lowest BCUT2D eigenvalue weighted by molar-refractivity contribution is -0.119. The highest BCUT2D eigenvalue weighted by Crippen LogP contribution is 2.31. The molecule has 1 amide bonds. The molecule has 0 aliphatic heterocycles. The second kappa shape index (κ2) is 9.51. The van der Waals surface area contributed by atoms with Crippen LogP contribution >= 0.6 is 0 Å². The molecule has 158 valence electrons. The van der Waals surface area contributed by atoms with Crippen molar-refractivity contribution in [1.29, 1.82) is 0 Å². The van der Waals surface area contributed by atoms with Crippen LogP contribution in [0, 0.1) is 6.92 Å². The van der Waals surface area contributed by atoms with E-state index < -0.39 is 15.9 Å². The number of anilines is 1. The molecule has 0 atom stereocenters. The molecule has 2 rings (SSSR count). The third-order valence-corrected chi connectivity index (χ3v) is 5.35. The molecule has 0 heterocycles. The van der Waals surface area contributed by atoms with Crippen LogP contribution in [0.3, 0.4) is 0 Å². The Bertz CT molecular complexity index is 975. The standard InChI is InChI=1S/C20H26N2O6S/c1-14-6-8-17(26-2)16(10-14)22(29(5,24)25)13-20(23)21-12-15-7-9-18(27-3)19(11-15)28-4/h6-11H,12-13H2,1-5H3,(H,21,23). The number of aryl methyl sites for hydroxylation is 1. The van der Waals surface area contributed by atoms with Gasteiger partial charge in [0.05, 0.1) is 33.3 Å². The van der Waals surface area contributed by atoms with Crippen molar-refractivity contribution in [3.8, 4) is 17.2 Å². The first-order chi connectivity index (χ1) is 13.7. The summed E-state index contributed by atoms with van der Waals surface area (Å²) in [5.74, 6) is 1.04. The van der Waals surface area contributed by atoms with Gasteiger partial charge in [0, 0.05) is 6.54 Å². The Hall–Kier alpha value is -2.94. The fourth-order valence-corrected chi connectivity index (χ4v) is 3.61. The van der Waals surface area contributed by atoms with Crippen molar-refractivity contribution in [2.24, 2.45) is 0 Å². The summed E-state index contributed by atoms with van der Waals surface area (Å²) in [6, 6.07) is 10.4. The number of carbonyl (C=O) groups is 1. The largest absolute Gasteiger partial charge is 0.495 e. The quantitative estimate of drug-likeness (QED) is 0.665. The number of rotatable bonds is 9. The van der Waals surface area contributed by atoms with Gasteiger partial charge in [-0.2, -0.15) is 0 Å². The maximum Gasteiger partial charge on any atom is 0.241 e. The summed E-state index contributed by atoms with van der Waals surface area (Å²) < 4.78 is 41.4. The van der Waals surface area contributed by atoms with Gasteiger partial charge in [-0.25, -0.2) is 8.42 Å². The van der Waals surface area contributed by atoms with E-state index in [2.05, 4.69) is 5.32 Å². The third kappa shape index (κ3) is 5.77. The van der Waals surface area contributed by atoms with E-state index in [4.69, 9.17) is 14.2 Å². The predicted octanol–water partition coefficient (Wildman–Crippen LogP) is 2.10. The fraction of sp³-hybridized carbons (Fsp3) is 0.350. The van der Waals surface area contributed by atoms with E-state index in [-0.39, 0.29) is 13.1 Å². The van der Waals surface area contributed by atoms with Crippen molar-refractivity contribution < 1.29 is 27.4 Å². The zero-order valence-electron chi connectivity index (χ0n) is 17.2. The number of methoxy groups -OCH3 is 3. The highest BCUT2D eigenvalue weighted by Gasteiger charge is 2.24. The molecule has 0 aromatic heterocycles. The van der Waals surface area contributed by atoms with Gasteiger partial charge < -0.3 is 19.5 Å². The number of amides is 1. The molecular formula is C20H26N2O6S. The van der Waals surface area contributed by atoms with Gasteiger partial charge in [0.1, 0.15) is 12.3 Å². The lowest BCUT2D eigenvalue weighted by atomic mass is 10.2. The lowest BCUT2D eigenvalue weighted by Gasteiger charge is -2.24. The van der Waals surface area contributed by atoms with Crippen LogP contribution in [-0.2, 0) is 21.4 Å². The summed E-state index contributed by atoms with van der Waals surface area (Å²) in [7, 11) is 0.809. The monoisotopic (exact) mass is 422 g/mol. The molecule has 0 bridgehead atoms. The minimum Gasteiger partial charge on any atom is -0.495 e. The normalized spacial score (nSPS) is 10.9. The predicted molar refractivity (Wildman–Crippen MR) is 111 cm³/mol. The van der Waals surface area contributed by atoms with E-state index >= 15 is 0 Å². The van der Waals surface area contributed by atoms with E-state index in [0.717, 1.165) is 21.7 Å². The summed E-state index contributed by atoms with van der Waals surface area (Å²) in [6.07, 6.45) is 1.05.